The predicted octanol–water partition coefficient (Wildman–Crippen LogP) is 2.32. The van der Waals surface area contributed by atoms with Gasteiger partial charge in [0.1, 0.15) is 11.6 Å². The molecule has 2 heterocycles. The molecule has 2 aliphatic heterocycles. The fraction of sp³-hybridized carbons (Fsp3) is 0.619. The van der Waals surface area contributed by atoms with Crippen molar-refractivity contribution in [2.45, 2.75) is 26.2 Å². The van der Waals surface area contributed by atoms with E-state index in [1.54, 1.807) is 4.90 Å². The van der Waals surface area contributed by atoms with E-state index in [1.807, 2.05) is 4.90 Å². The molecule has 29 heavy (non-hydrogen) atoms. The topological polar surface area (TPSA) is 61.9 Å². The molecule has 2 fully saturated rings. The SMILES string of the molecule is CC(CC(=O)N1CCN(C(=O)COc2ccc(F)cc2)CC1)C1CCCNC1.Cl. The maximum absolute atomic E-state index is 12.9. The largest absolute Gasteiger partial charge is 0.484 e. The van der Waals surface area contributed by atoms with E-state index in [0.717, 1.165) is 13.1 Å². The Kier molecular flexibility index (Phi) is 9.17. The summed E-state index contributed by atoms with van der Waals surface area (Å²) in [5.74, 6) is 1.15. The molecule has 1 N–H and O–H groups in total. The Morgan fingerprint density at radius 2 is 1.76 bits per heavy atom. The number of halogens is 2. The van der Waals surface area contributed by atoms with Crippen LogP contribution >= 0.6 is 12.4 Å². The molecule has 2 unspecified atom stereocenters. The van der Waals surface area contributed by atoms with Gasteiger partial charge in [-0.2, -0.15) is 0 Å². The first-order valence-corrected chi connectivity index (χ1v) is 10.2. The average Bonchev–Trinajstić information content (AvgIpc) is 2.73. The lowest BCUT2D eigenvalue weighted by atomic mass is 9.85. The number of ether oxygens (including phenoxy) is 1. The Hall–Kier alpha value is -1.86. The van der Waals surface area contributed by atoms with Crippen LogP contribution in [-0.2, 0) is 9.59 Å². The van der Waals surface area contributed by atoms with Gasteiger partial charge in [0, 0.05) is 32.6 Å². The highest BCUT2D eigenvalue weighted by atomic mass is 35.5. The van der Waals surface area contributed by atoms with Crippen molar-refractivity contribution in [3.8, 4) is 5.75 Å². The predicted molar refractivity (Wildman–Crippen MR) is 112 cm³/mol. The molecule has 0 spiro atoms. The summed E-state index contributed by atoms with van der Waals surface area (Å²) in [6.07, 6.45) is 2.95. The molecule has 2 aliphatic rings. The zero-order valence-corrected chi connectivity index (χ0v) is 17.8. The monoisotopic (exact) mass is 427 g/mol. The highest BCUT2D eigenvalue weighted by Gasteiger charge is 2.27. The van der Waals surface area contributed by atoms with Gasteiger partial charge in [0.05, 0.1) is 0 Å². The van der Waals surface area contributed by atoms with Gasteiger partial charge in [-0.05, 0) is 62.0 Å². The van der Waals surface area contributed by atoms with Crippen molar-refractivity contribution < 1.29 is 18.7 Å². The van der Waals surface area contributed by atoms with E-state index >= 15 is 0 Å². The third-order valence-electron chi connectivity index (χ3n) is 5.80. The fourth-order valence-electron chi connectivity index (χ4n) is 3.91. The average molecular weight is 428 g/mol. The van der Waals surface area contributed by atoms with Crippen molar-refractivity contribution in [3.63, 3.8) is 0 Å². The minimum Gasteiger partial charge on any atom is -0.484 e. The molecule has 0 aliphatic carbocycles. The second-order valence-electron chi connectivity index (χ2n) is 7.79. The number of piperazine rings is 1. The smallest absolute Gasteiger partial charge is 0.260 e. The van der Waals surface area contributed by atoms with Gasteiger partial charge in [-0.15, -0.1) is 12.4 Å². The van der Waals surface area contributed by atoms with Gasteiger partial charge in [-0.3, -0.25) is 9.59 Å². The minimum atomic E-state index is -0.339. The number of rotatable bonds is 6. The van der Waals surface area contributed by atoms with Crippen LogP contribution in [0.1, 0.15) is 26.2 Å². The van der Waals surface area contributed by atoms with Gasteiger partial charge in [-0.25, -0.2) is 4.39 Å². The minimum absolute atomic E-state index is 0. The van der Waals surface area contributed by atoms with Crippen molar-refractivity contribution in [3.05, 3.63) is 30.1 Å². The van der Waals surface area contributed by atoms with E-state index in [0.29, 0.717) is 50.2 Å². The number of hydrogen-bond donors (Lipinski definition) is 1. The first-order chi connectivity index (χ1) is 13.5. The molecule has 8 heteroatoms. The number of carbonyl (C=O) groups excluding carboxylic acids is 2. The summed E-state index contributed by atoms with van der Waals surface area (Å²) < 4.78 is 18.3. The van der Waals surface area contributed by atoms with Crippen molar-refractivity contribution in [2.24, 2.45) is 11.8 Å². The molecule has 2 atom stereocenters. The highest BCUT2D eigenvalue weighted by molar-refractivity contribution is 5.85. The lowest BCUT2D eigenvalue weighted by Gasteiger charge is -2.36. The quantitative estimate of drug-likeness (QED) is 0.756. The lowest BCUT2D eigenvalue weighted by molar-refractivity contribution is -0.141. The van der Waals surface area contributed by atoms with Crippen LogP contribution in [0.4, 0.5) is 4.39 Å². The molecular weight excluding hydrogens is 397 g/mol. The Morgan fingerprint density at radius 1 is 1.14 bits per heavy atom. The summed E-state index contributed by atoms with van der Waals surface area (Å²) in [5, 5.41) is 3.41. The van der Waals surface area contributed by atoms with Crippen LogP contribution in [0.3, 0.4) is 0 Å². The second kappa shape index (κ2) is 11.4. The number of carbonyl (C=O) groups is 2. The van der Waals surface area contributed by atoms with Gasteiger partial charge >= 0.3 is 0 Å². The Morgan fingerprint density at radius 3 is 2.34 bits per heavy atom. The molecule has 1 aromatic rings. The van der Waals surface area contributed by atoms with Gasteiger partial charge in [0.15, 0.2) is 6.61 Å². The fourth-order valence-corrected chi connectivity index (χ4v) is 3.91. The van der Waals surface area contributed by atoms with Crippen LogP contribution in [0.5, 0.6) is 5.75 Å². The Balaban J connectivity index is 0.00000300. The third-order valence-corrected chi connectivity index (χ3v) is 5.80. The second-order valence-corrected chi connectivity index (χ2v) is 7.79. The number of piperidine rings is 1. The van der Waals surface area contributed by atoms with Crippen LogP contribution in [0.25, 0.3) is 0 Å². The summed E-state index contributed by atoms with van der Waals surface area (Å²) in [7, 11) is 0. The Labute approximate surface area is 178 Å². The molecular formula is C21H31ClFN3O3. The van der Waals surface area contributed by atoms with Crippen LogP contribution in [0, 0.1) is 17.7 Å². The van der Waals surface area contributed by atoms with E-state index in [-0.39, 0.29) is 36.6 Å². The molecule has 0 aromatic heterocycles. The lowest BCUT2D eigenvalue weighted by Crippen LogP contribution is -2.52. The van der Waals surface area contributed by atoms with Crippen LogP contribution < -0.4 is 10.1 Å². The number of hydrogen-bond acceptors (Lipinski definition) is 4. The number of benzene rings is 1. The van der Waals surface area contributed by atoms with Gasteiger partial charge in [-0.1, -0.05) is 6.92 Å². The van der Waals surface area contributed by atoms with E-state index in [2.05, 4.69) is 12.2 Å². The Bertz CT molecular complexity index is 660. The molecule has 0 bridgehead atoms. The summed E-state index contributed by atoms with van der Waals surface area (Å²) in [6.45, 7) is 6.36. The molecule has 0 radical (unpaired) electrons. The van der Waals surface area contributed by atoms with Crippen molar-refractivity contribution in [1.29, 1.82) is 0 Å². The summed E-state index contributed by atoms with van der Waals surface area (Å²) in [6, 6.07) is 5.60. The summed E-state index contributed by atoms with van der Waals surface area (Å²) >= 11 is 0. The molecule has 2 amide bonds. The number of nitrogens with one attached hydrogen (secondary N) is 1. The maximum atomic E-state index is 12.9. The third kappa shape index (κ3) is 6.85. The molecule has 1 aromatic carbocycles. The zero-order chi connectivity index (χ0) is 19.9. The summed E-state index contributed by atoms with van der Waals surface area (Å²) in [4.78, 5) is 28.5. The summed E-state index contributed by atoms with van der Waals surface area (Å²) in [5.41, 5.74) is 0. The zero-order valence-electron chi connectivity index (χ0n) is 16.9. The molecule has 3 rings (SSSR count). The van der Waals surface area contributed by atoms with Crippen LogP contribution in [-0.4, -0.2) is 67.5 Å². The first-order valence-electron chi connectivity index (χ1n) is 10.2. The van der Waals surface area contributed by atoms with Crippen LogP contribution in [0.2, 0.25) is 0 Å². The van der Waals surface area contributed by atoms with Gasteiger partial charge in [0.25, 0.3) is 5.91 Å². The highest BCUT2D eigenvalue weighted by Crippen LogP contribution is 2.23. The molecule has 162 valence electrons. The normalized spacial score (nSPS) is 20.6. The first kappa shape index (κ1) is 23.4. The van der Waals surface area contributed by atoms with Crippen LogP contribution in [0.15, 0.2) is 24.3 Å². The van der Waals surface area contributed by atoms with E-state index in [4.69, 9.17) is 4.74 Å². The standard InChI is InChI=1S/C21H30FN3O3.ClH/c1-16(17-3-2-8-23-14-17)13-20(26)24-9-11-25(12-10-24)21(27)15-28-19-6-4-18(22)5-7-19;/h4-7,16-17,23H,2-3,8-15H2,1H3;1H. The van der Waals surface area contributed by atoms with Gasteiger partial charge < -0.3 is 19.9 Å². The van der Waals surface area contributed by atoms with E-state index in [9.17, 15) is 14.0 Å². The van der Waals surface area contributed by atoms with E-state index in [1.165, 1.54) is 37.1 Å². The van der Waals surface area contributed by atoms with E-state index < -0.39 is 0 Å². The number of amides is 2. The van der Waals surface area contributed by atoms with Gasteiger partial charge in [0.2, 0.25) is 5.91 Å². The molecule has 0 saturated carbocycles. The maximum Gasteiger partial charge on any atom is 0.260 e. The van der Waals surface area contributed by atoms with Crippen molar-refractivity contribution >= 4 is 24.2 Å². The van der Waals surface area contributed by atoms with Crippen molar-refractivity contribution in [1.82, 2.24) is 15.1 Å². The van der Waals surface area contributed by atoms with Crippen molar-refractivity contribution in [2.75, 3.05) is 45.9 Å². The molecule has 6 nitrogen and oxygen atoms in total. The number of nitrogens with zero attached hydrogens (tertiary/aromatic N) is 2. The molecule has 2 saturated heterocycles.